The van der Waals surface area contributed by atoms with Crippen molar-refractivity contribution in [1.29, 1.82) is 0 Å². The van der Waals surface area contributed by atoms with Gasteiger partial charge in [-0.05, 0) is 11.0 Å². The first-order valence-corrected chi connectivity index (χ1v) is 5.99. The second-order valence-corrected chi connectivity index (χ2v) is 5.40. The number of ether oxygens (including phenoxy) is 1. The zero-order valence-corrected chi connectivity index (χ0v) is 11.4. The van der Waals surface area contributed by atoms with Crippen molar-refractivity contribution < 1.29 is 14.3 Å². The van der Waals surface area contributed by atoms with Gasteiger partial charge < -0.3 is 4.74 Å². The lowest BCUT2D eigenvalue weighted by atomic mass is 9.86. The molecule has 0 saturated heterocycles. The molecule has 0 radical (unpaired) electrons. The Morgan fingerprint density at radius 3 is 2.11 bits per heavy atom. The number of carbonyl (C=O) groups excluding carboxylic acids is 2. The number of hydrogen-bond donors (Lipinski definition) is 0. The Bertz CT molecular complexity index is 424. The predicted molar refractivity (Wildman–Crippen MR) is 71.0 cm³/mol. The third-order valence-corrected chi connectivity index (χ3v) is 2.74. The molecule has 3 nitrogen and oxygen atoms in total. The molecule has 0 spiro atoms. The summed E-state index contributed by atoms with van der Waals surface area (Å²) in [5.41, 5.74) is 1.81. The minimum atomic E-state index is -0.192. The lowest BCUT2D eigenvalue weighted by Crippen LogP contribution is -2.14. The number of rotatable bonds is 5. The lowest BCUT2D eigenvalue weighted by Gasteiger charge is -2.18. The first kappa shape index (κ1) is 14.6. The first-order chi connectivity index (χ1) is 8.34. The second kappa shape index (κ2) is 5.91. The molecule has 0 heterocycles. The summed E-state index contributed by atoms with van der Waals surface area (Å²) in [6, 6.07) is 7.44. The Morgan fingerprint density at radius 1 is 1.11 bits per heavy atom. The third kappa shape index (κ3) is 4.08. The molecule has 0 saturated carbocycles. The monoisotopic (exact) mass is 248 g/mol. The van der Waals surface area contributed by atoms with Crippen molar-refractivity contribution in [3.8, 4) is 0 Å². The van der Waals surface area contributed by atoms with Gasteiger partial charge in [-0.1, -0.05) is 45.0 Å². The summed E-state index contributed by atoms with van der Waals surface area (Å²) in [4.78, 5) is 23.1. The van der Waals surface area contributed by atoms with E-state index in [0.717, 1.165) is 0 Å². The fourth-order valence-electron chi connectivity index (χ4n) is 1.65. The third-order valence-electron chi connectivity index (χ3n) is 2.74. The molecule has 98 valence electrons. The summed E-state index contributed by atoms with van der Waals surface area (Å²) in [6.07, 6.45) is -0.0945. The molecular formula is C15H20O3. The molecule has 0 aliphatic rings. The second-order valence-electron chi connectivity index (χ2n) is 5.40. The maximum absolute atomic E-state index is 11.8. The summed E-state index contributed by atoms with van der Waals surface area (Å²) >= 11 is 0. The molecule has 0 aromatic heterocycles. The zero-order chi connectivity index (χ0) is 13.8. The molecule has 0 amide bonds. The lowest BCUT2D eigenvalue weighted by molar-refractivity contribution is -0.121. The van der Waals surface area contributed by atoms with E-state index < -0.39 is 0 Å². The van der Waals surface area contributed by atoms with Gasteiger partial charge in [-0.15, -0.1) is 0 Å². The Labute approximate surface area is 108 Å². The van der Waals surface area contributed by atoms with Crippen LogP contribution in [0.4, 0.5) is 0 Å². The fraction of sp³-hybridized carbons (Fsp3) is 0.467. The molecular weight excluding hydrogens is 228 g/mol. The van der Waals surface area contributed by atoms with Crippen LogP contribution < -0.4 is 0 Å². The van der Waals surface area contributed by atoms with Gasteiger partial charge in [0.15, 0.2) is 11.6 Å². The van der Waals surface area contributed by atoms with Gasteiger partial charge in [0, 0.05) is 12.7 Å². The van der Waals surface area contributed by atoms with Crippen LogP contribution in [0.3, 0.4) is 0 Å². The average molecular weight is 248 g/mol. The number of benzene rings is 1. The molecule has 1 aromatic carbocycles. The zero-order valence-electron chi connectivity index (χ0n) is 11.4. The number of ketones is 2. The number of methoxy groups -OCH3 is 1. The molecule has 18 heavy (non-hydrogen) atoms. The van der Waals surface area contributed by atoms with Gasteiger partial charge in [0.05, 0.1) is 6.42 Å². The summed E-state index contributed by atoms with van der Waals surface area (Å²) in [5.74, 6) is -0.347. The Morgan fingerprint density at radius 2 is 1.67 bits per heavy atom. The normalized spacial score (nSPS) is 11.3. The highest BCUT2D eigenvalue weighted by Gasteiger charge is 2.15. The largest absolute Gasteiger partial charge is 0.377 e. The van der Waals surface area contributed by atoms with Crippen LogP contribution in [-0.4, -0.2) is 25.3 Å². The summed E-state index contributed by atoms with van der Waals surface area (Å²) in [7, 11) is 1.44. The highest BCUT2D eigenvalue weighted by atomic mass is 16.5. The molecule has 0 aliphatic carbocycles. The SMILES string of the molecule is COCC(=O)CC(=O)c1ccc(C(C)(C)C)cc1. The van der Waals surface area contributed by atoms with Crippen molar-refractivity contribution in [2.75, 3.05) is 13.7 Å². The Balaban J connectivity index is 2.74. The van der Waals surface area contributed by atoms with Crippen LogP contribution in [0.1, 0.15) is 43.1 Å². The number of hydrogen-bond acceptors (Lipinski definition) is 3. The van der Waals surface area contributed by atoms with E-state index in [2.05, 4.69) is 20.8 Å². The molecule has 0 aliphatic heterocycles. The van der Waals surface area contributed by atoms with Crippen LogP contribution >= 0.6 is 0 Å². The van der Waals surface area contributed by atoms with E-state index in [4.69, 9.17) is 4.74 Å². The smallest absolute Gasteiger partial charge is 0.170 e. The molecule has 1 aromatic rings. The van der Waals surface area contributed by atoms with Crippen molar-refractivity contribution >= 4 is 11.6 Å². The van der Waals surface area contributed by atoms with Gasteiger partial charge >= 0.3 is 0 Å². The van der Waals surface area contributed by atoms with E-state index in [1.54, 1.807) is 12.1 Å². The maximum atomic E-state index is 11.8. The predicted octanol–water partition coefficient (Wildman–Crippen LogP) is 2.77. The molecule has 0 unspecified atom stereocenters. The van der Waals surface area contributed by atoms with Crippen molar-refractivity contribution in [2.24, 2.45) is 0 Å². The minimum absolute atomic E-state index is 0.00812. The van der Waals surface area contributed by atoms with E-state index >= 15 is 0 Å². The van der Waals surface area contributed by atoms with Gasteiger partial charge in [0.2, 0.25) is 0 Å². The van der Waals surface area contributed by atoms with Crippen LogP contribution in [0.15, 0.2) is 24.3 Å². The molecule has 1 rings (SSSR count). The van der Waals surface area contributed by atoms with Crippen LogP contribution in [0, 0.1) is 0 Å². The minimum Gasteiger partial charge on any atom is -0.377 e. The standard InChI is InChI=1S/C15H20O3/c1-15(2,3)12-7-5-11(6-8-12)14(17)9-13(16)10-18-4/h5-8H,9-10H2,1-4H3. The van der Waals surface area contributed by atoms with Crippen LogP contribution in [0.25, 0.3) is 0 Å². The van der Waals surface area contributed by atoms with Crippen molar-refractivity contribution in [1.82, 2.24) is 0 Å². The quantitative estimate of drug-likeness (QED) is 0.594. The Hall–Kier alpha value is -1.48. The van der Waals surface area contributed by atoms with E-state index in [-0.39, 0.29) is 30.0 Å². The van der Waals surface area contributed by atoms with Gasteiger partial charge in [0.25, 0.3) is 0 Å². The van der Waals surface area contributed by atoms with E-state index in [1.807, 2.05) is 12.1 Å². The highest BCUT2D eigenvalue weighted by molar-refractivity contribution is 6.08. The van der Waals surface area contributed by atoms with Gasteiger partial charge in [0.1, 0.15) is 6.61 Å². The average Bonchev–Trinajstić information content (AvgIpc) is 2.28. The van der Waals surface area contributed by atoms with Crippen LogP contribution in [-0.2, 0) is 14.9 Å². The van der Waals surface area contributed by atoms with Crippen molar-refractivity contribution in [3.05, 3.63) is 35.4 Å². The first-order valence-electron chi connectivity index (χ1n) is 5.99. The van der Waals surface area contributed by atoms with E-state index in [9.17, 15) is 9.59 Å². The van der Waals surface area contributed by atoms with E-state index in [0.29, 0.717) is 5.56 Å². The summed E-state index contributed by atoms with van der Waals surface area (Å²) < 4.78 is 4.70. The molecule has 3 heteroatoms. The Kier molecular flexibility index (Phi) is 4.79. The van der Waals surface area contributed by atoms with Crippen LogP contribution in [0.5, 0.6) is 0 Å². The topological polar surface area (TPSA) is 43.4 Å². The molecule has 0 N–H and O–H groups in total. The van der Waals surface area contributed by atoms with Crippen LogP contribution in [0.2, 0.25) is 0 Å². The van der Waals surface area contributed by atoms with E-state index in [1.165, 1.54) is 12.7 Å². The number of carbonyl (C=O) groups is 2. The summed E-state index contributed by atoms with van der Waals surface area (Å²) in [6.45, 7) is 6.34. The van der Waals surface area contributed by atoms with Gasteiger partial charge in [-0.3, -0.25) is 9.59 Å². The summed E-state index contributed by atoms with van der Waals surface area (Å²) in [5, 5.41) is 0. The number of Topliss-reactive ketones (excluding diaryl/α,β-unsaturated/α-hetero) is 2. The maximum Gasteiger partial charge on any atom is 0.170 e. The van der Waals surface area contributed by atoms with Gasteiger partial charge in [-0.2, -0.15) is 0 Å². The van der Waals surface area contributed by atoms with Crippen molar-refractivity contribution in [2.45, 2.75) is 32.6 Å². The molecule has 0 fully saturated rings. The van der Waals surface area contributed by atoms with Gasteiger partial charge in [-0.25, -0.2) is 0 Å². The van der Waals surface area contributed by atoms with Crippen molar-refractivity contribution in [3.63, 3.8) is 0 Å². The molecule has 0 bridgehead atoms. The highest BCUT2D eigenvalue weighted by Crippen LogP contribution is 2.22. The molecule has 0 atom stereocenters. The fourth-order valence-corrected chi connectivity index (χ4v) is 1.65.